The van der Waals surface area contributed by atoms with Crippen molar-refractivity contribution < 1.29 is 10.6 Å². The van der Waals surface area contributed by atoms with Gasteiger partial charge in [0.1, 0.15) is 17.6 Å². The minimum Gasteiger partial charge on any atom is -0.327 e. The van der Waals surface area contributed by atoms with E-state index in [4.69, 9.17) is 4.99 Å². The quantitative estimate of drug-likeness (QED) is 0.176. The van der Waals surface area contributed by atoms with Crippen molar-refractivity contribution in [1.29, 1.82) is 0 Å². The zero-order chi connectivity index (χ0) is 30.2. The molecule has 2 unspecified atom stereocenters. The van der Waals surface area contributed by atoms with E-state index in [1.807, 2.05) is 0 Å². The molecule has 6 aromatic rings. The smallest absolute Gasteiger partial charge is 0.190 e. The highest BCUT2D eigenvalue weighted by Gasteiger charge is 2.26. The molecule has 0 bridgehead atoms. The first kappa shape index (κ1) is 27.1. The van der Waals surface area contributed by atoms with Crippen LogP contribution in [-0.2, 0) is 0 Å². The molecule has 6 aromatic carbocycles. The third kappa shape index (κ3) is 5.18. The molecule has 5 heteroatoms. The normalized spacial score (nSPS) is 17.0. The van der Waals surface area contributed by atoms with Gasteiger partial charge in [-0.15, -0.1) is 0 Å². The van der Waals surface area contributed by atoms with Crippen molar-refractivity contribution in [1.82, 2.24) is 0 Å². The number of nitrogens with one attached hydrogen (secondary N) is 1. The maximum absolute atomic E-state index is 4.90. The van der Waals surface area contributed by atoms with Gasteiger partial charge in [-0.25, -0.2) is 4.99 Å². The molecule has 0 aromatic heterocycles. The highest BCUT2D eigenvalue weighted by atomic mass is 15.2. The summed E-state index contributed by atoms with van der Waals surface area (Å²) in [7, 11) is 0. The molecule has 218 valence electrons. The van der Waals surface area contributed by atoms with Crippen LogP contribution >= 0.6 is 0 Å². The summed E-state index contributed by atoms with van der Waals surface area (Å²) in [6.07, 6.45) is 4.42. The molecule has 0 fully saturated rings. The van der Waals surface area contributed by atoms with Crippen molar-refractivity contribution in [2.75, 3.05) is 10.2 Å². The number of hydrogen-bond donors (Lipinski definition) is 3. The lowest BCUT2D eigenvalue weighted by Crippen LogP contribution is -2.80. The molecule has 2 heterocycles. The Kier molecular flexibility index (Phi) is 6.95. The molecule has 5 nitrogen and oxygen atoms in total. The second-order valence-electron chi connectivity index (χ2n) is 11.8. The summed E-state index contributed by atoms with van der Waals surface area (Å²) in [5.41, 5.74) is 11.7. The van der Waals surface area contributed by atoms with Crippen molar-refractivity contribution in [3.8, 4) is 0 Å². The Labute approximate surface area is 263 Å². The fraction of sp³-hybridized carbons (Fsp3) is 0.0750. The molecule has 0 spiro atoms. The summed E-state index contributed by atoms with van der Waals surface area (Å²) in [4.78, 5) is 7.27. The summed E-state index contributed by atoms with van der Waals surface area (Å²) < 4.78 is 0. The Bertz CT molecular complexity index is 2030. The molecule has 0 radical (unpaired) electrons. The van der Waals surface area contributed by atoms with Crippen LogP contribution in [0.2, 0.25) is 0 Å². The Morgan fingerprint density at radius 3 is 2.18 bits per heavy atom. The van der Waals surface area contributed by atoms with Gasteiger partial charge in [-0.05, 0) is 48.2 Å². The van der Waals surface area contributed by atoms with E-state index in [1.54, 1.807) is 0 Å². The summed E-state index contributed by atoms with van der Waals surface area (Å²) in [6.45, 7) is 2.17. The lowest BCUT2D eigenvalue weighted by molar-refractivity contribution is -0.614. The average Bonchev–Trinajstić information content (AvgIpc) is 3.55. The van der Waals surface area contributed by atoms with Gasteiger partial charge in [-0.2, -0.15) is 0 Å². The molecule has 0 aliphatic carbocycles. The summed E-state index contributed by atoms with van der Waals surface area (Å²) in [5.74, 6) is 0. The predicted molar refractivity (Wildman–Crippen MR) is 185 cm³/mol. The second-order valence-corrected chi connectivity index (χ2v) is 11.8. The van der Waals surface area contributed by atoms with Gasteiger partial charge >= 0.3 is 0 Å². The minimum atomic E-state index is 0.155. The molecule has 2 aliphatic rings. The Balaban J connectivity index is 1.02. The van der Waals surface area contributed by atoms with Gasteiger partial charge in [0, 0.05) is 39.5 Å². The number of aryl methyl sites for hydroxylation is 1. The first-order valence-electron chi connectivity index (χ1n) is 15.5. The molecule has 0 saturated carbocycles. The SMILES string of the molecule is Cc1ccccc1N(c1ccc(C2=C[NH2+]C(c3ccc(C4Nc5ccccc5[NH2+]4)cc3)C=N2)cc1)c1cccc2ccccc12. The van der Waals surface area contributed by atoms with Crippen LogP contribution in [0.3, 0.4) is 0 Å². The number of anilines is 4. The Hall–Kier alpha value is -5.49. The number of rotatable bonds is 6. The number of para-hydroxylation sites is 3. The number of nitrogens with zero attached hydrogens (tertiary/aromatic N) is 2. The van der Waals surface area contributed by atoms with Gasteiger partial charge < -0.3 is 15.5 Å². The molecule has 5 N–H and O–H groups in total. The van der Waals surface area contributed by atoms with E-state index >= 15 is 0 Å². The van der Waals surface area contributed by atoms with Gasteiger partial charge in [0.25, 0.3) is 0 Å². The van der Waals surface area contributed by atoms with Crippen LogP contribution in [0.15, 0.2) is 151 Å². The number of fused-ring (bicyclic) bond motifs is 2. The lowest BCUT2D eigenvalue weighted by atomic mass is 10.0. The highest BCUT2D eigenvalue weighted by molar-refractivity contribution is 5.99. The van der Waals surface area contributed by atoms with E-state index in [-0.39, 0.29) is 12.2 Å². The second kappa shape index (κ2) is 11.5. The summed E-state index contributed by atoms with van der Waals surface area (Å²) in [6, 6.07) is 50.0. The van der Waals surface area contributed by atoms with Crippen LogP contribution in [0.5, 0.6) is 0 Å². The van der Waals surface area contributed by atoms with E-state index in [0.29, 0.717) is 0 Å². The number of quaternary nitrogens is 2. The number of benzene rings is 6. The minimum absolute atomic E-state index is 0.155. The average molecular weight is 586 g/mol. The van der Waals surface area contributed by atoms with Crippen molar-refractivity contribution in [3.63, 3.8) is 0 Å². The lowest BCUT2D eigenvalue weighted by Gasteiger charge is -2.28. The highest BCUT2D eigenvalue weighted by Crippen LogP contribution is 2.40. The van der Waals surface area contributed by atoms with Crippen molar-refractivity contribution in [2.24, 2.45) is 4.99 Å². The first-order valence-corrected chi connectivity index (χ1v) is 15.5. The monoisotopic (exact) mass is 585 g/mol. The van der Waals surface area contributed by atoms with Gasteiger partial charge in [0.05, 0.1) is 11.9 Å². The standard InChI is InChI=1S/C40H33N5/c1-27-9-2-7-15-38(27)45(39-16-8-11-28-10-3-4-12-33(28)39)32-23-21-30(22-24-32)37-26-41-36(25-42-37)29-17-19-31(20-18-29)40-43-34-13-5-6-14-35(34)44-40/h2-26,36,40-41,43-44H,1H3/p+2. The van der Waals surface area contributed by atoms with Crippen LogP contribution in [0, 0.1) is 6.92 Å². The maximum Gasteiger partial charge on any atom is 0.190 e. The molecule has 2 atom stereocenters. The van der Waals surface area contributed by atoms with Gasteiger partial charge in [-0.3, -0.25) is 5.32 Å². The third-order valence-electron chi connectivity index (χ3n) is 8.92. The Morgan fingerprint density at radius 2 is 1.38 bits per heavy atom. The van der Waals surface area contributed by atoms with Crippen LogP contribution in [-0.4, -0.2) is 6.21 Å². The third-order valence-corrected chi connectivity index (χ3v) is 8.92. The molecule has 2 aliphatic heterocycles. The van der Waals surface area contributed by atoms with Crippen molar-refractivity contribution >= 4 is 51.1 Å². The van der Waals surface area contributed by atoms with E-state index in [1.165, 1.54) is 50.2 Å². The predicted octanol–water partition coefficient (Wildman–Crippen LogP) is 7.62. The molecular formula is C40H35N5+2. The number of nitrogens with two attached hydrogens (primary N) is 2. The van der Waals surface area contributed by atoms with E-state index in [9.17, 15) is 0 Å². The number of hydrogen-bond acceptors (Lipinski definition) is 3. The van der Waals surface area contributed by atoms with E-state index < -0.39 is 0 Å². The molecule has 0 amide bonds. The topological polar surface area (TPSA) is 60.9 Å². The van der Waals surface area contributed by atoms with Crippen molar-refractivity contribution in [2.45, 2.75) is 19.1 Å². The van der Waals surface area contributed by atoms with Gasteiger partial charge in [0.15, 0.2) is 17.9 Å². The van der Waals surface area contributed by atoms with Crippen LogP contribution in [0.25, 0.3) is 16.5 Å². The molecular weight excluding hydrogens is 550 g/mol. The molecule has 0 saturated heterocycles. The zero-order valence-electron chi connectivity index (χ0n) is 25.1. The van der Waals surface area contributed by atoms with Gasteiger partial charge in [0.2, 0.25) is 0 Å². The zero-order valence-corrected chi connectivity index (χ0v) is 25.1. The van der Waals surface area contributed by atoms with E-state index in [2.05, 4.69) is 180 Å². The fourth-order valence-electron chi connectivity index (χ4n) is 6.49. The van der Waals surface area contributed by atoms with Gasteiger partial charge in [-0.1, -0.05) is 103 Å². The first-order chi connectivity index (χ1) is 22.2. The van der Waals surface area contributed by atoms with Crippen LogP contribution in [0.1, 0.15) is 34.5 Å². The molecule has 45 heavy (non-hydrogen) atoms. The van der Waals surface area contributed by atoms with Crippen LogP contribution < -0.4 is 20.9 Å². The van der Waals surface area contributed by atoms with Crippen LogP contribution in [0.4, 0.5) is 28.4 Å². The summed E-state index contributed by atoms with van der Waals surface area (Å²) in [5, 5.41) is 10.6. The Morgan fingerprint density at radius 1 is 0.667 bits per heavy atom. The summed E-state index contributed by atoms with van der Waals surface area (Å²) >= 11 is 0. The fourth-order valence-corrected chi connectivity index (χ4v) is 6.49. The van der Waals surface area contributed by atoms with E-state index in [0.717, 1.165) is 16.9 Å². The van der Waals surface area contributed by atoms with Crippen molar-refractivity contribution in [3.05, 3.63) is 168 Å². The number of aliphatic imine (C=N–C) groups is 1. The molecule has 8 rings (SSSR count). The maximum atomic E-state index is 4.90. The largest absolute Gasteiger partial charge is 0.327 e.